The molecule has 0 atom stereocenters. The summed E-state index contributed by atoms with van der Waals surface area (Å²) in [5, 5.41) is 0. The summed E-state index contributed by atoms with van der Waals surface area (Å²) in [5.41, 5.74) is 1.61. The molecule has 0 aliphatic rings. The number of amides is 1. The van der Waals surface area contributed by atoms with Crippen LogP contribution in [-0.2, 0) is 31.7 Å². The fraction of sp³-hybridized carbons (Fsp3) is 0.300. The van der Waals surface area contributed by atoms with E-state index in [1.807, 2.05) is 41.8 Å². The molecule has 0 bridgehead atoms. The summed E-state index contributed by atoms with van der Waals surface area (Å²) in [4.78, 5) is 17.0. The van der Waals surface area contributed by atoms with Gasteiger partial charge < -0.3 is 9.30 Å². The summed E-state index contributed by atoms with van der Waals surface area (Å²) in [7, 11) is -3.59. The largest absolute Gasteiger partial charge is 0.380 e. The third-order valence-corrected chi connectivity index (χ3v) is 6.56. The van der Waals surface area contributed by atoms with Gasteiger partial charge in [0, 0.05) is 13.2 Å². The lowest BCUT2D eigenvalue weighted by Gasteiger charge is -2.05. The third kappa shape index (κ3) is 5.37. The monoisotopic (exact) mass is 418 g/mol. The molecule has 1 amide bonds. The molecule has 0 N–H and O–H groups in total. The molecule has 2 aromatic carbocycles. The first-order valence-electron chi connectivity index (χ1n) is 8.96. The summed E-state index contributed by atoms with van der Waals surface area (Å²) in [6, 6.07) is 16.6. The molecule has 0 aliphatic carbocycles. The minimum atomic E-state index is -3.59. The maximum absolute atomic E-state index is 12.4. The summed E-state index contributed by atoms with van der Waals surface area (Å²) >= 11 is 1.37. The van der Waals surface area contributed by atoms with E-state index in [1.165, 1.54) is 11.3 Å². The number of carbonyl (C=O) groups excluding carboxylic acids is 1. The molecule has 3 aromatic rings. The van der Waals surface area contributed by atoms with Gasteiger partial charge in [-0.2, -0.15) is 4.99 Å². The Morgan fingerprint density at radius 2 is 1.82 bits per heavy atom. The van der Waals surface area contributed by atoms with Gasteiger partial charge in [0.1, 0.15) is 5.75 Å². The lowest BCUT2D eigenvalue weighted by atomic mass is 10.2. The number of nitrogens with zero attached hydrogens (tertiary/aromatic N) is 2. The van der Waals surface area contributed by atoms with Crippen LogP contribution in [0.3, 0.4) is 0 Å². The van der Waals surface area contributed by atoms with Gasteiger partial charge in [0.15, 0.2) is 14.6 Å². The van der Waals surface area contributed by atoms with Gasteiger partial charge in [-0.05, 0) is 24.6 Å². The number of ether oxygens (including phenoxy) is 1. The van der Waals surface area contributed by atoms with Crippen LogP contribution in [0.1, 0.15) is 12.5 Å². The van der Waals surface area contributed by atoms with Crippen LogP contribution >= 0.6 is 11.3 Å². The van der Waals surface area contributed by atoms with Gasteiger partial charge in [-0.25, -0.2) is 8.42 Å². The molecule has 3 rings (SSSR count). The highest BCUT2D eigenvalue weighted by Gasteiger charge is 2.17. The van der Waals surface area contributed by atoms with Crippen LogP contribution in [-0.4, -0.2) is 37.9 Å². The average molecular weight is 419 g/mol. The Morgan fingerprint density at radius 3 is 2.57 bits per heavy atom. The SMILES string of the molecule is CCOCCn1c(=NC(=O)CS(=O)(=O)Cc2ccccc2)sc2ccccc21. The summed E-state index contributed by atoms with van der Waals surface area (Å²) in [6.07, 6.45) is 0. The third-order valence-electron chi connectivity index (χ3n) is 4.04. The van der Waals surface area contributed by atoms with Crippen molar-refractivity contribution in [1.82, 2.24) is 4.57 Å². The minimum Gasteiger partial charge on any atom is -0.380 e. The zero-order chi connectivity index (χ0) is 20.0. The second kappa shape index (κ2) is 9.27. The number of carbonyl (C=O) groups is 1. The van der Waals surface area contributed by atoms with Gasteiger partial charge in [0.25, 0.3) is 5.91 Å². The van der Waals surface area contributed by atoms with E-state index in [9.17, 15) is 13.2 Å². The van der Waals surface area contributed by atoms with E-state index in [-0.39, 0.29) is 5.75 Å². The fourth-order valence-electron chi connectivity index (χ4n) is 2.83. The maximum atomic E-state index is 12.4. The number of thiazole rings is 1. The Hall–Kier alpha value is -2.29. The van der Waals surface area contributed by atoms with Crippen LogP contribution in [0.4, 0.5) is 0 Å². The first-order chi connectivity index (χ1) is 13.5. The van der Waals surface area contributed by atoms with Gasteiger partial charge in [-0.15, -0.1) is 0 Å². The Morgan fingerprint density at radius 1 is 1.11 bits per heavy atom. The van der Waals surface area contributed by atoms with Crippen molar-refractivity contribution < 1.29 is 17.9 Å². The number of benzene rings is 2. The standard InChI is InChI=1S/C20H22N2O4S2/c1-2-26-13-12-22-17-10-6-7-11-18(17)27-20(22)21-19(23)15-28(24,25)14-16-8-4-3-5-9-16/h3-11H,2,12-15H2,1H3. The van der Waals surface area contributed by atoms with Crippen molar-refractivity contribution in [2.24, 2.45) is 4.99 Å². The quantitative estimate of drug-likeness (QED) is 0.527. The van der Waals surface area contributed by atoms with E-state index in [4.69, 9.17) is 4.74 Å². The zero-order valence-electron chi connectivity index (χ0n) is 15.6. The second-order valence-corrected chi connectivity index (χ2v) is 9.30. The summed E-state index contributed by atoms with van der Waals surface area (Å²) in [6.45, 7) is 3.56. The number of aromatic nitrogens is 1. The normalized spacial score (nSPS) is 12.5. The van der Waals surface area contributed by atoms with Crippen molar-refractivity contribution in [3.05, 3.63) is 65.0 Å². The first-order valence-corrected chi connectivity index (χ1v) is 11.6. The maximum Gasteiger partial charge on any atom is 0.263 e. The number of hydrogen-bond donors (Lipinski definition) is 0. The van der Waals surface area contributed by atoms with Crippen molar-refractivity contribution in [2.45, 2.75) is 19.2 Å². The molecule has 0 unspecified atom stereocenters. The predicted molar refractivity (Wildman–Crippen MR) is 111 cm³/mol. The van der Waals surface area contributed by atoms with Crippen molar-refractivity contribution in [3.63, 3.8) is 0 Å². The molecule has 6 nitrogen and oxygen atoms in total. The molecule has 8 heteroatoms. The minimum absolute atomic E-state index is 0.175. The van der Waals surface area contributed by atoms with E-state index in [0.29, 0.717) is 30.1 Å². The van der Waals surface area contributed by atoms with Crippen LogP contribution < -0.4 is 4.80 Å². The number of fused-ring (bicyclic) bond motifs is 1. The fourth-order valence-corrected chi connectivity index (χ4v) is 5.15. The Kier molecular flexibility index (Phi) is 6.77. The highest BCUT2D eigenvalue weighted by Crippen LogP contribution is 2.16. The average Bonchev–Trinajstić information content (AvgIpc) is 2.99. The topological polar surface area (TPSA) is 77.7 Å². The summed E-state index contributed by atoms with van der Waals surface area (Å²) < 4.78 is 33.0. The molecule has 0 aliphatic heterocycles. The highest BCUT2D eigenvalue weighted by atomic mass is 32.2. The number of para-hydroxylation sites is 1. The Labute approximate surface area is 168 Å². The molecule has 1 heterocycles. The van der Waals surface area contributed by atoms with E-state index in [0.717, 1.165) is 10.2 Å². The van der Waals surface area contributed by atoms with Crippen LogP contribution in [0, 0.1) is 0 Å². The Balaban J connectivity index is 1.84. The van der Waals surface area contributed by atoms with E-state index in [2.05, 4.69) is 4.99 Å². The van der Waals surface area contributed by atoms with Crippen molar-refractivity contribution >= 4 is 37.3 Å². The lowest BCUT2D eigenvalue weighted by molar-refractivity contribution is -0.115. The molecule has 0 radical (unpaired) electrons. The van der Waals surface area contributed by atoms with Crippen LogP contribution in [0.2, 0.25) is 0 Å². The molecule has 0 saturated heterocycles. The lowest BCUT2D eigenvalue weighted by Crippen LogP contribution is -2.23. The van der Waals surface area contributed by atoms with Crippen molar-refractivity contribution in [3.8, 4) is 0 Å². The molecule has 0 spiro atoms. The molecule has 148 valence electrons. The number of sulfone groups is 1. The predicted octanol–water partition coefficient (Wildman–Crippen LogP) is 2.78. The number of hydrogen-bond acceptors (Lipinski definition) is 5. The number of rotatable bonds is 8. The first kappa shape index (κ1) is 20.4. The van der Waals surface area contributed by atoms with E-state index in [1.54, 1.807) is 24.3 Å². The van der Waals surface area contributed by atoms with Crippen LogP contribution in [0.25, 0.3) is 10.2 Å². The zero-order valence-corrected chi connectivity index (χ0v) is 17.2. The smallest absolute Gasteiger partial charge is 0.263 e. The highest BCUT2D eigenvalue weighted by molar-refractivity contribution is 7.91. The molecule has 1 aromatic heterocycles. The van der Waals surface area contributed by atoms with Crippen LogP contribution in [0.15, 0.2) is 59.6 Å². The molecular weight excluding hydrogens is 396 g/mol. The van der Waals surface area contributed by atoms with Gasteiger partial charge in [0.05, 0.1) is 22.6 Å². The van der Waals surface area contributed by atoms with Crippen LogP contribution in [0.5, 0.6) is 0 Å². The second-order valence-electron chi connectivity index (χ2n) is 6.22. The molecular formula is C20H22N2O4S2. The molecule has 0 fully saturated rings. The van der Waals surface area contributed by atoms with Gasteiger partial charge >= 0.3 is 0 Å². The van der Waals surface area contributed by atoms with E-state index < -0.39 is 21.5 Å². The van der Waals surface area contributed by atoms with E-state index >= 15 is 0 Å². The molecule has 0 saturated carbocycles. The Bertz CT molecular complexity index is 1120. The molecule has 28 heavy (non-hydrogen) atoms. The van der Waals surface area contributed by atoms with Gasteiger partial charge in [0.2, 0.25) is 0 Å². The van der Waals surface area contributed by atoms with Gasteiger partial charge in [-0.3, -0.25) is 4.79 Å². The van der Waals surface area contributed by atoms with Gasteiger partial charge in [-0.1, -0.05) is 53.8 Å². The summed E-state index contributed by atoms with van der Waals surface area (Å²) in [5.74, 6) is -1.44. The van der Waals surface area contributed by atoms with Crippen molar-refractivity contribution in [2.75, 3.05) is 19.0 Å². The van der Waals surface area contributed by atoms with Crippen molar-refractivity contribution in [1.29, 1.82) is 0 Å².